The summed E-state index contributed by atoms with van der Waals surface area (Å²) in [6.07, 6.45) is 0. The molecule has 0 aromatic heterocycles. The van der Waals surface area contributed by atoms with E-state index in [9.17, 15) is 0 Å². The SMILES string of the molecule is Cl.NCCOc1cc(Cl)ccc1Cl. The zero-order valence-electron chi connectivity index (χ0n) is 6.80. The Morgan fingerprint density at radius 3 is 2.62 bits per heavy atom. The fraction of sp³-hybridized carbons (Fsp3) is 0.250. The van der Waals surface area contributed by atoms with E-state index >= 15 is 0 Å². The Kier molecular flexibility index (Phi) is 6.25. The van der Waals surface area contributed by atoms with Crippen molar-refractivity contribution < 1.29 is 4.74 Å². The van der Waals surface area contributed by atoms with Gasteiger partial charge in [-0.3, -0.25) is 0 Å². The molecule has 0 aliphatic carbocycles. The second-order valence-electron chi connectivity index (χ2n) is 2.21. The van der Waals surface area contributed by atoms with Gasteiger partial charge in [-0.2, -0.15) is 0 Å². The molecule has 0 atom stereocenters. The molecule has 0 unspecified atom stereocenters. The van der Waals surface area contributed by atoms with Crippen LogP contribution in [-0.4, -0.2) is 13.2 Å². The van der Waals surface area contributed by atoms with Crippen molar-refractivity contribution in [3.63, 3.8) is 0 Å². The van der Waals surface area contributed by atoms with Crippen LogP contribution in [0, 0.1) is 0 Å². The highest BCUT2D eigenvalue weighted by molar-refractivity contribution is 6.34. The highest BCUT2D eigenvalue weighted by Gasteiger charge is 2.00. The molecule has 2 nitrogen and oxygen atoms in total. The number of ether oxygens (including phenoxy) is 1. The third-order valence-corrected chi connectivity index (χ3v) is 1.82. The van der Waals surface area contributed by atoms with Crippen LogP contribution in [0.2, 0.25) is 10.0 Å². The predicted octanol–water partition coefficient (Wildman–Crippen LogP) is 2.75. The molecule has 0 radical (unpaired) electrons. The van der Waals surface area contributed by atoms with E-state index in [0.717, 1.165) is 0 Å². The molecule has 2 N–H and O–H groups in total. The molecule has 74 valence electrons. The summed E-state index contributed by atoms with van der Waals surface area (Å²) in [5.41, 5.74) is 5.26. The fourth-order valence-electron chi connectivity index (χ4n) is 0.757. The first-order valence-corrected chi connectivity index (χ1v) is 4.27. The van der Waals surface area contributed by atoms with Gasteiger partial charge in [0.25, 0.3) is 0 Å². The number of hydrogen-bond acceptors (Lipinski definition) is 2. The Labute approximate surface area is 93.4 Å². The summed E-state index contributed by atoms with van der Waals surface area (Å²) in [4.78, 5) is 0. The van der Waals surface area contributed by atoms with E-state index in [1.54, 1.807) is 18.2 Å². The minimum atomic E-state index is 0. The Bertz CT molecular complexity index is 268. The maximum absolute atomic E-state index is 5.81. The second-order valence-corrected chi connectivity index (χ2v) is 3.06. The number of halogens is 3. The molecule has 0 saturated carbocycles. The molecule has 0 amide bonds. The Balaban J connectivity index is 0.00000144. The lowest BCUT2D eigenvalue weighted by atomic mass is 10.3. The maximum Gasteiger partial charge on any atom is 0.139 e. The molecule has 1 aromatic carbocycles. The van der Waals surface area contributed by atoms with Crippen molar-refractivity contribution in [3.05, 3.63) is 28.2 Å². The molecule has 0 spiro atoms. The van der Waals surface area contributed by atoms with E-state index in [1.807, 2.05) is 0 Å². The zero-order valence-corrected chi connectivity index (χ0v) is 9.12. The summed E-state index contributed by atoms with van der Waals surface area (Å²) in [7, 11) is 0. The van der Waals surface area contributed by atoms with E-state index in [4.69, 9.17) is 33.7 Å². The summed E-state index contributed by atoms with van der Waals surface area (Å²) < 4.78 is 5.23. The molecule has 0 bridgehead atoms. The molecule has 0 aliphatic heterocycles. The number of benzene rings is 1. The van der Waals surface area contributed by atoms with Crippen LogP contribution >= 0.6 is 35.6 Å². The van der Waals surface area contributed by atoms with Crippen LogP contribution in [0.3, 0.4) is 0 Å². The molecular formula is C8H10Cl3NO. The van der Waals surface area contributed by atoms with Crippen LogP contribution in [0.25, 0.3) is 0 Å². The third kappa shape index (κ3) is 4.05. The maximum atomic E-state index is 5.81. The minimum absolute atomic E-state index is 0. The topological polar surface area (TPSA) is 35.2 Å². The largest absolute Gasteiger partial charge is 0.491 e. The summed E-state index contributed by atoms with van der Waals surface area (Å²) in [5.74, 6) is 0.578. The summed E-state index contributed by atoms with van der Waals surface area (Å²) in [5, 5.41) is 1.15. The summed E-state index contributed by atoms with van der Waals surface area (Å²) >= 11 is 11.5. The summed E-state index contributed by atoms with van der Waals surface area (Å²) in [6.45, 7) is 0.906. The van der Waals surface area contributed by atoms with Gasteiger partial charge in [-0.15, -0.1) is 12.4 Å². The van der Waals surface area contributed by atoms with Crippen molar-refractivity contribution in [2.45, 2.75) is 0 Å². The number of hydrogen-bond donors (Lipinski definition) is 1. The van der Waals surface area contributed by atoms with Gasteiger partial charge < -0.3 is 10.5 Å². The third-order valence-electron chi connectivity index (χ3n) is 1.27. The molecular weight excluding hydrogens is 232 g/mol. The van der Waals surface area contributed by atoms with Gasteiger partial charge in [-0.25, -0.2) is 0 Å². The van der Waals surface area contributed by atoms with Crippen molar-refractivity contribution in [3.8, 4) is 5.75 Å². The van der Waals surface area contributed by atoms with Crippen molar-refractivity contribution >= 4 is 35.6 Å². The number of nitrogens with two attached hydrogens (primary N) is 1. The molecule has 0 fully saturated rings. The molecule has 5 heteroatoms. The van der Waals surface area contributed by atoms with Crippen LogP contribution in [-0.2, 0) is 0 Å². The van der Waals surface area contributed by atoms with Gasteiger partial charge in [0.2, 0.25) is 0 Å². The lowest BCUT2D eigenvalue weighted by Crippen LogP contribution is -2.10. The van der Waals surface area contributed by atoms with Gasteiger partial charge in [-0.1, -0.05) is 23.2 Å². The lowest BCUT2D eigenvalue weighted by Gasteiger charge is -2.06. The lowest BCUT2D eigenvalue weighted by molar-refractivity contribution is 0.328. The molecule has 0 heterocycles. The van der Waals surface area contributed by atoms with Crippen LogP contribution in [0.15, 0.2) is 18.2 Å². The zero-order chi connectivity index (χ0) is 8.97. The second kappa shape index (κ2) is 6.33. The predicted molar refractivity (Wildman–Crippen MR) is 58.3 cm³/mol. The van der Waals surface area contributed by atoms with Crippen molar-refractivity contribution in [1.29, 1.82) is 0 Å². The Morgan fingerprint density at radius 1 is 1.31 bits per heavy atom. The highest BCUT2D eigenvalue weighted by atomic mass is 35.5. The number of rotatable bonds is 3. The first-order valence-electron chi connectivity index (χ1n) is 3.52. The van der Waals surface area contributed by atoms with Gasteiger partial charge in [0, 0.05) is 17.6 Å². The standard InChI is InChI=1S/C8H9Cl2NO.ClH/c9-6-1-2-7(10)8(5-6)12-4-3-11;/h1-2,5H,3-4,11H2;1H. The van der Waals surface area contributed by atoms with E-state index in [2.05, 4.69) is 0 Å². The molecule has 0 aliphatic rings. The summed E-state index contributed by atoms with van der Waals surface area (Å²) in [6, 6.07) is 5.06. The molecule has 0 saturated heterocycles. The Hall–Kier alpha value is -0.150. The molecule has 1 rings (SSSR count). The van der Waals surface area contributed by atoms with Gasteiger partial charge >= 0.3 is 0 Å². The normalized spacial score (nSPS) is 9.15. The minimum Gasteiger partial charge on any atom is -0.491 e. The quantitative estimate of drug-likeness (QED) is 0.884. The Morgan fingerprint density at radius 2 is 2.00 bits per heavy atom. The smallest absolute Gasteiger partial charge is 0.139 e. The van der Waals surface area contributed by atoms with Crippen LogP contribution in [0.1, 0.15) is 0 Å². The monoisotopic (exact) mass is 241 g/mol. The molecule has 13 heavy (non-hydrogen) atoms. The van der Waals surface area contributed by atoms with E-state index in [1.165, 1.54) is 0 Å². The van der Waals surface area contributed by atoms with Crippen molar-refractivity contribution in [2.24, 2.45) is 5.73 Å². The van der Waals surface area contributed by atoms with Crippen molar-refractivity contribution in [2.75, 3.05) is 13.2 Å². The highest BCUT2D eigenvalue weighted by Crippen LogP contribution is 2.27. The van der Waals surface area contributed by atoms with Gasteiger partial charge in [0.15, 0.2) is 0 Å². The van der Waals surface area contributed by atoms with E-state index in [-0.39, 0.29) is 12.4 Å². The van der Waals surface area contributed by atoms with Crippen LogP contribution in [0.5, 0.6) is 5.75 Å². The first kappa shape index (κ1) is 12.8. The molecule has 1 aromatic rings. The van der Waals surface area contributed by atoms with Gasteiger partial charge in [0.05, 0.1) is 5.02 Å². The van der Waals surface area contributed by atoms with Crippen LogP contribution < -0.4 is 10.5 Å². The van der Waals surface area contributed by atoms with Crippen LogP contribution in [0.4, 0.5) is 0 Å². The van der Waals surface area contributed by atoms with Gasteiger partial charge in [0.1, 0.15) is 12.4 Å². The van der Waals surface area contributed by atoms with Gasteiger partial charge in [-0.05, 0) is 12.1 Å². The van der Waals surface area contributed by atoms with E-state index in [0.29, 0.717) is 28.9 Å². The van der Waals surface area contributed by atoms with Crippen molar-refractivity contribution in [1.82, 2.24) is 0 Å². The average Bonchev–Trinajstić information content (AvgIpc) is 2.07. The fourth-order valence-corrected chi connectivity index (χ4v) is 1.09. The van der Waals surface area contributed by atoms with E-state index < -0.39 is 0 Å². The first-order chi connectivity index (χ1) is 5.74. The average molecular weight is 243 g/mol.